The van der Waals surface area contributed by atoms with Crippen molar-refractivity contribution >= 4 is 5.71 Å². The van der Waals surface area contributed by atoms with Crippen LogP contribution in [0.1, 0.15) is 18.3 Å². The molecule has 1 aromatic heterocycles. The Morgan fingerprint density at radius 3 is 2.62 bits per heavy atom. The van der Waals surface area contributed by atoms with E-state index in [4.69, 9.17) is 5.21 Å². The van der Waals surface area contributed by atoms with Gasteiger partial charge in [0.05, 0.1) is 11.4 Å². The van der Waals surface area contributed by atoms with Gasteiger partial charge in [-0.2, -0.15) is 0 Å². The average molecular weight is 216 g/mol. The Balaban J connectivity index is 2.50. The van der Waals surface area contributed by atoms with Gasteiger partial charge in [-0.05, 0) is 26.0 Å². The van der Waals surface area contributed by atoms with Crippen LogP contribution in [0.4, 0.5) is 0 Å². The van der Waals surface area contributed by atoms with Crippen molar-refractivity contribution in [2.45, 2.75) is 13.8 Å². The third-order valence-corrected chi connectivity index (χ3v) is 2.39. The van der Waals surface area contributed by atoms with E-state index in [1.165, 1.54) is 0 Å². The molecule has 16 heavy (non-hydrogen) atoms. The Hall–Kier alpha value is -2.17. The molecule has 0 atom stereocenters. The maximum absolute atomic E-state index is 8.70. The summed E-state index contributed by atoms with van der Waals surface area (Å²) < 4.78 is 1.71. The zero-order chi connectivity index (χ0) is 11.5. The van der Waals surface area contributed by atoms with Crippen molar-refractivity contribution in [3.05, 3.63) is 41.7 Å². The fraction of sp³-hybridized carbons (Fsp3) is 0.182. The minimum atomic E-state index is 0.458. The molecule has 0 saturated carbocycles. The van der Waals surface area contributed by atoms with Crippen LogP contribution in [-0.4, -0.2) is 25.9 Å². The van der Waals surface area contributed by atoms with E-state index in [1.54, 1.807) is 11.6 Å². The summed E-state index contributed by atoms with van der Waals surface area (Å²) >= 11 is 0. The number of hydrogen-bond donors (Lipinski definition) is 1. The van der Waals surface area contributed by atoms with E-state index < -0.39 is 0 Å². The highest BCUT2D eigenvalue weighted by atomic mass is 16.4. The molecule has 0 spiro atoms. The SMILES string of the molecule is CC(=NO)c1nnn(-c2ccccc2)c1C. The lowest BCUT2D eigenvalue weighted by Gasteiger charge is -2.02. The Morgan fingerprint density at radius 1 is 1.31 bits per heavy atom. The highest BCUT2D eigenvalue weighted by Gasteiger charge is 2.12. The van der Waals surface area contributed by atoms with Crippen molar-refractivity contribution in [2.24, 2.45) is 5.16 Å². The molecule has 0 radical (unpaired) electrons. The summed E-state index contributed by atoms with van der Waals surface area (Å²) in [4.78, 5) is 0. The number of nitrogens with zero attached hydrogens (tertiary/aromatic N) is 4. The van der Waals surface area contributed by atoms with Crippen molar-refractivity contribution in [1.29, 1.82) is 0 Å². The number of oxime groups is 1. The van der Waals surface area contributed by atoms with Crippen LogP contribution in [0.15, 0.2) is 35.5 Å². The molecule has 0 bridgehead atoms. The number of benzene rings is 1. The zero-order valence-corrected chi connectivity index (χ0v) is 9.12. The third-order valence-electron chi connectivity index (χ3n) is 2.39. The molecule has 0 aliphatic carbocycles. The molecular weight excluding hydrogens is 204 g/mol. The molecule has 0 aliphatic rings. The average Bonchev–Trinajstić information content (AvgIpc) is 2.71. The minimum Gasteiger partial charge on any atom is -0.411 e. The predicted molar refractivity (Wildman–Crippen MR) is 60.1 cm³/mol. The van der Waals surface area contributed by atoms with Crippen molar-refractivity contribution in [3.8, 4) is 5.69 Å². The van der Waals surface area contributed by atoms with Crippen LogP contribution in [0.2, 0.25) is 0 Å². The van der Waals surface area contributed by atoms with E-state index in [0.717, 1.165) is 11.4 Å². The molecule has 5 heteroatoms. The van der Waals surface area contributed by atoms with Crippen LogP contribution in [0, 0.1) is 6.92 Å². The second-order valence-corrected chi connectivity index (χ2v) is 3.46. The monoisotopic (exact) mass is 216 g/mol. The smallest absolute Gasteiger partial charge is 0.133 e. The van der Waals surface area contributed by atoms with Gasteiger partial charge < -0.3 is 5.21 Å². The molecular formula is C11H12N4O. The first kappa shape index (κ1) is 10.4. The predicted octanol–water partition coefficient (Wildman–Crippen LogP) is 1.77. The van der Waals surface area contributed by atoms with Crippen molar-refractivity contribution < 1.29 is 5.21 Å². The number of rotatable bonds is 2. The first-order chi connectivity index (χ1) is 7.74. The summed E-state index contributed by atoms with van der Waals surface area (Å²) in [6.45, 7) is 3.57. The summed E-state index contributed by atoms with van der Waals surface area (Å²) in [7, 11) is 0. The Morgan fingerprint density at radius 2 is 2.00 bits per heavy atom. The maximum atomic E-state index is 8.70. The molecule has 0 fully saturated rings. The molecule has 0 amide bonds. The lowest BCUT2D eigenvalue weighted by atomic mass is 10.2. The van der Waals surface area contributed by atoms with Crippen molar-refractivity contribution in [3.63, 3.8) is 0 Å². The molecule has 1 N–H and O–H groups in total. The lowest BCUT2D eigenvalue weighted by molar-refractivity contribution is 0.319. The van der Waals surface area contributed by atoms with Crippen LogP contribution in [-0.2, 0) is 0 Å². The summed E-state index contributed by atoms with van der Waals surface area (Å²) in [6.07, 6.45) is 0. The first-order valence-electron chi connectivity index (χ1n) is 4.91. The van der Waals surface area contributed by atoms with Gasteiger partial charge in [0.15, 0.2) is 0 Å². The molecule has 0 aliphatic heterocycles. The molecule has 1 aromatic carbocycles. The van der Waals surface area contributed by atoms with E-state index in [2.05, 4.69) is 15.5 Å². The summed E-state index contributed by atoms with van der Waals surface area (Å²) in [5, 5.41) is 19.8. The Kier molecular flexibility index (Phi) is 2.68. The van der Waals surface area contributed by atoms with Gasteiger partial charge in [0.25, 0.3) is 0 Å². The van der Waals surface area contributed by atoms with Gasteiger partial charge in [0.1, 0.15) is 11.4 Å². The van der Waals surface area contributed by atoms with Gasteiger partial charge in [0, 0.05) is 0 Å². The molecule has 1 heterocycles. The van der Waals surface area contributed by atoms with Gasteiger partial charge in [-0.1, -0.05) is 28.6 Å². The normalized spacial score (nSPS) is 11.8. The highest BCUT2D eigenvalue weighted by Crippen LogP contribution is 2.12. The fourth-order valence-electron chi connectivity index (χ4n) is 1.53. The van der Waals surface area contributed by atoms with Crippen LogP contribution in [0.25, 0.3) is 5.69 Å². The van der Waals surface area contributed by atoms with Crippen LogP contribution in [0.5, 0.6) is 0 Å². The minimum absolute atomic E-state index is 0.458. The first-order valence-corrected chi connectivity index (χ1v) is 4.91. The van der Waals surface area contributed by atoms with E-state index in [-0.39, 0.29) is 0 Å². The highest BCUT2D eigenvalue weighted by molar-refractivity contribution is 5.97. The molecule has 0 unspecified atom stereocenters. The molecule has 2 rings (SSSR count). The van der Waals surface area contributed by atoms with E-state index >= 15 is 0 Å². The second kappa shape index (κ2) is 4.14. The molecule has 82 valence electrons. The fourth-order valence-corrected chi connectivity index (χ4v) is 1.53. The van der Waals surface area contributed by atoms with Gasteiger partial charge in [-0.25, -0.2) is 4.68 Å². The van der Waals surface area contributed by atoms with Gasteiger partial charge in [-0.15, -0.1) is 5.10 Å². The Bertz CT molecular complexity index is 516. The van der Waals surface area contributed by atoms with E-state index in [9.17, 15) is 0 Å². The molecule has 0 saturated heterocycles. The lowest BCUT2D eigenvalue weighted by Crippen LogP contribution is -2.01. The standard InChI is InChI=1S/C11H12N4O/c1-8(13-16)11-9(2)15(14-12-11)10-6-4-3-5-7-10/h3-7,16H,1-2H3. The van der Waals surface area contributed by atoms with Gasteiger partial charge in [-0.3, -0.25) is 0 Å². The number of para-hydroxylation sites is 1. The maximum Gasteiger partial charge on any atom is 0.133 e. The van der Waals surface area contributed by atoms with E-state index in [1.807, 2.05) is 37.3 Å². The van der Waals surface area contributed by atoms with E-state index in [0.29, 0.717) is 11.4 Å². The molecule has 2 aromatic rings. The Labute approximate surface area is 93.0 Å². The quantitative estimate of drug-likeness (QED) is 0.472. The van der Waals surface area contributed by atoms with Crippen LogP contribution >= 0.6 is 0 Å². The summed E-state index contributed by atoms with van der Waals surface area (Å²) in [5.74, 6) is 0. The van der Waals surface area contributed by atoms with Gasteiger partial charge >= 0.3 is 0 Å². The van der Waals surface area contributed by atoms with Gasteiger partial charge in [0.2, 0.25) is 0 Å². The number of aromatic nitrogens is 3. The second-order valence-electron chi connectivity index (χ2n) is 3.46. The van der Waals surface area contributed by atoms with Crippen molar-refractivity contribution in [2.75, 3.05) is 0 Å². The van der Waals surface area contributed by atoms with Crippen LogP contribution in [0.3, 0.4) is 0 Å². The summed E-state index contributed by atoms with van der Waals surface area (Å²) in [5.41, 5.74) is 2.84. The molecule has 5 nitrogen and oxygen atoms in total. The summed E-state index contributed by atoms with van der Waals surface area (Å²) in [6, 6.07) is 9.69. The topological polar surface area (TPSA) is 63.3 Å². The van der Waals surface area contributed by atoms with Crippen LogP contribution < -0.4 is 0 Å². The zero-order valence-electron chi connectivity index (χ0n) is 9.12. The van der Waals surface area contributed by atoms with Crippen molar-refractivity contribution in [1.82, 2.24) is 15.0 Å². The third kappa shape index (κ3) is 1.67. The number of hydrogen-bond acceptors (Lipinski definition) is 4. The largest absolute Gasteiger partial charge is 0.411 e.